The number of benzene rings is 3. The molecule has 0 fully saturated rings. The Kier molecular flexibility index (Phi) is 5.06. The largest absolute Gasteiger partial charge is 0.586 e. The molecule has 1 atom stereocenters. The SMILES string of the molecule is Cc1cccc(C(=O)N2N=C(c3ccc(Cl)cc3)SC2c2cccc3c2OC(F)(F)O3)c1. The molecule has 3 aromatic rings. The van der Waals surface area contributed by atoms with Gasteiger partial charge in [-0.3, -0.25) is 4.79 Å². The number of halogens is 3. The number of hydrogen-bond acceptors (Lipinski definition) is 5. The molecule has 3 aromatic carbocycles. The molecule has 2 heterocycles. The lowest BCUT2D eigenvalue weighted by molar-refractivity contribution is -0.287. The fourth-order valence-electron chi connectivity index (χ4n) is 3.49. The number of hydrazone groups is 1. The molecule has 0 aliphatic carbocycles. The number of aryl methyl sites for hydroxylation is 1. The second-order valence-electron chi connectivity index (χ2n) is 7.24. The topological polar surface area (TPSA) is 51.1 Å². The lowest BCUT2D eigenvalue weighted by Gasteiger charge is -2.22. The number of thioether (sulfide) groups is 1. The van der Waals surface area contributed by atoms with Crippen molar-refractivity contribution in [1.82, 2.24) is 5.01 Å². The van der Waals surface area contributed by atoms with Crippen LogP contribution in [0.3, 0.4) is 0 Å². The van der Waals surface area contributed by atoms with E-state index in [9.17, 15) is 13.6 Å². The van der Waals surface area contributed by atoms with E-state index in [0.717, 1.165) is 11.1 Å². The van der Waals surface area contributed by atoms with Crippen molar-refractivity contribution >= 4 is 34.3 Å². The fraction of sp³-hybridized carbons (Fsp3) is 0.130. The Balaban J connectivity index is 1.58. The molecule has 0 saturated carbocycles. The summed E-state index contributed by atoms with van der Waals surface area (Å²) in [5, 5.41) is 6.22. The van der Waals surface area contributed by atoms with Crippen LogP contribution in [0.25, 0.3) is 0 Å². The van der Waals surface area contributed by atoms with Crippen molar-refractivity contribution in [1.29, 1.82) is 0 Å². The van der Waals surface area contributed by atoms with Crippen LogP contribution in [-0.4, -0.2) is 22.3 Å². The maximum Gasteiger partial charge on any atom is 0.586 e. The Hall–Kier alpha value is -3.10. The molecule has 2 aliphatic rings. The summed E-state index contributed by atoms with van der Waals surface area (Å²) in [4.78, 5) is 13.4. The first-order chi connectivity index (χ1) is 15.3. The van der Waals surface area contributed by atoms with Crippen LogP contribution in [0.15, 0.2) is 71.8 Å². The highest BCUT2D eigenvalue weighted by Gasteiger charge is 2.47. The van der Waals surface area contributed by atoms with Crippen LogP contribution in [0.5, 0.6) is 11.5 Å². The minimum absolute atomic E-state index is 0.0870. The smallest absolute Gasteiger partial charge is 0.395 e. The Bertz CT molecular complexity index is 1250. The summed E-state index contributed by atoms with van der Waals surface area (Å²) in [6.45, 7) is 1.88. The van der Waals surface area contributed by atoms with Crippen molar-refractivity contribution in [2.75, 3.05) is 0 Å². The predicted octanol–water partition coefficient (Wildman–Crippen LogP) is 6.22. The van der Waals surface area contributed by atoms with Crippen LogP contribution in [0.2, 0.25) is 5.02 Å². The summed E-state index contributed by atoms with van der Waals surface area (Å²) in [6, 6.07) is 18.7. The van der Waals surface area contributed by atoms with Crippen LogP contribution in [-0.2, 0) is 0 Å². The van der Waals surface area contributed by atoms with Gasteiger partial charge in [-0.05, 0) is 37.3 Å². The van der Waals surface area contributed by atoms with E-state index in [-0.39, 0.29) is 17.4 Å². The van der Waals surface area contributed by atoms with Crippen LogP contribution >= 0.6 is 23.4 Å². The van der Waals surface area contributed by atoms with Gasteiger partial charge in [-0.2, -0.15) is 5.10 Å². The van der Waals surface area contributed by atoms with E-state index in [1.54, 1.807) is 54.6 Å². The average Bonchev–Trinajstić information content (AvgIpc) is 3.33. The molecular weight excluding hydrogens is 458 g/mol. The highest BCUT2D eigenvalue weighted by molar-refractivity contribution is 8.14. The summed E-state index contributed by atoms with van der Waals surface area (Å²) >= 11 is 7.25. The Morgan fingerprint density at radius 1 is 1.09 bits per heavy atom. The third kappa shape index (κ3) is 3.80. The van der Waals surface area contributed by atoms with Crippen LogP contribution in [0, 0.1) is 6.92 Å². The molecule has 0 bridgehead atoms. The molecule has 0 saturated heterocycles. The number of amides is 1. The summed E-state index contributed by atoms with van der Waals surface area (Å²) in [7, 11) is 0. The average molecular weight is 473 g/mol. The molecule has 0 spiro atoms. The number of carbonyl (C=O) groups is 1. The second-order valence-corrected chi connectivity index (χ2v) is 8.75. The zero-order valence-electron chi connectivity index (χ0n) is 16.6. The van der Waals surface area contributed by atoms with E-state index >= 15 is 0 Å². The molecule has 0 N–H and O–H groups in total. The van der Waals surface area contributed by atoms with Gasteiger partial charge in [0.1, 0.15) is 10.4 Å². The molecule has 1 amide bonds. The van der Waals surface area contributed by atoms with Gasteiger partial charge in [-0.15, -0.1) is 8.78 Å². The highest BCUT2D eigenvalue weighted by Crippen LogP contribution is 2.51. The zero-order valence-corrected chi connectivity index (χ0v) is 18.2. The van der Waals surface area contributed by atoms with Gasteiger partial charge in [0.15, 0.2) is 11.5 Å². The van der Waals surface area contributed by atoms with E-state index in [0.29, 0.717) is 21.2 Å². The van der Waals surface area contributed by atoms with Gasteiger partial charge in [0.25, 0.3) is 5.91 Å². The number of ether oxygens (including phenoxy) is 2. The molecule has 2 aliphatic heterocycles. The van der Waals surface area contributed by atoms with Gasteiger partial charge in [0, 0.05) is 21.7 Å². The summed E-state index contributed by atoms with van der Waals surface area (Å²) < 4.78 is 36.9. The molecular formula is C23H15ClF2N2O3S. The number of alkyl halides is 2. The van der Waals surface area contributed by atoms with Gasteiger partial charge < -0.3 is 9.47 Å². The monoisotopic (exact) mass is 472 g/mol. The predicted molar refractivity (Wildman–Crippen MR) is 118 cm³/mol. The Morgan fingerprint density at radius 3 is 2.59 bits per heavy atom. The van der Waals surface area contributed by atoms with E-state index < -0.39 is 11.7 Å². The van der Waals surface area contributed by atoms with Gasteiger partial charge in [0.2, 0.25) is 0 Å². The van der Waals surface area contributed by atoms with Crippen molar-refractivity contribution in [2.24, 2.45) is 5.10 Å². The number of rotatable bonds is 3. The normalized spacial score (nSPS) is 18.6. The molecule has 162 valence electrons. The standard InChI is InChI=1S/C23H15ClF2N2O3S/c1-13-4-2-5-15(12-13)21(29)28-22(32-20(27-28)14-8-10-16(24)11-9-14)17-6-3-7-18-19(17)31-23(25,26)30-18/h2-12,22H,1H3. The molecule has 0 aromatic heterocycles. The van der Waals surface area contributed by atoms with Gasteiger partial charge >= 0.3 is 6.29 Å². The first-order valence-corrected chi connectivity index (χ1v) is 10.9. The van der Waals surface area contributed by atoms with Crippen LogP contribution in [0.1, 0.15) is 32.4 Å². The number of nitrogens with zero attached hydrogens (tertiary/aromatic N) is 2. The summed E-state index contributed by atoms with van der Waals surface area (Å²) in [6.07, 6.45) is -3.77. The quantitative estimate of drug-likeness (QED) is 0.454. The maximum absolute atomic E-state index is 13.8. The van der Waals surface area contributed by atoms with Gasteiger partial charge in [-0.25, -0.2) is 5.01 Å². The van der Waals surface area contributed by atoms with E-state index in [1.807, 2.05) is 13.0 Å². The molecule has 9 heteroatoms. The van der Waals surface area contributed by atoms with E-state index in [4.69, 9.17) is 16.3 Å². The lowest BCUT2D eigenvalue weighted by atomic mass is 10.1. The Morgan fingerprint density at radius 2 is 1.84 bits per heavy atom. The first-order valence-electron chi connectivity index (χ1n) is 9.61. The van der Waals surface area contributed by atoms with E-state index in [2.05, 4.69) is 9.84 Å². The highest BCUT2D eigenvalue weighted by atomic mass is 35.5. The number of para-hydroxylation sites is 1. The van der Waals surface area contributed by atoms with Crippen LogP contribution < -0.4 is 9.47 Å². The number of carbonyl (C=O) groups excluding carboxylic acids is 1. The first kappa shape index (κ1) is 20.8. The lowest BCUT2D eigenvalue weighted by Crippen LogP contribution is -2.28. The zero-order chi connectivity index (χ0) is 22.5. The fourth-order valence-corrected chi connectivity index (χ4v) is 4.79. The van der Waals surface area contributed by atoms with Crippen molar-refractivity contribution in [3.63, 3.8) is 0 Å². The number of fused-ring (bicyclic) bond motifs is 1. The van der Waals surface area contributed by atoms with Gasteiger partial charge in [0.05, 0.1) is 0 Å². The Labute approximate surface area is 191 Å². The molecule has 0 radical (unpaired) electrons. The minimum Gasteiger partial charge on any atom is -0.395 e. The van der Waals surface area contributed by atoms with Crippen molar-refractivity contribution in [3.8, 4) is 11.5 Å². The third-order valence-electron chi connectivity index (χ3n) is 4.93. The molecule has 32 heavy (non-hydrogen) atoms. The van der Waals surface area contributed by atoms with Crippen LogP contribution in [0.4, 0.5) is 8.78 Å². The van der Waals surface area contributed by atoms with Crippen molar-refractivity contribution in [3.05, 3.63) is 94.0 Å². The maximum atomic E-state index is 13.8. The summed E-state index contributed by atoms with van der Waals surface area (Å²) in [5.74, 6) is -0.556. The third-order valence-corrected chi connectivity index (χ3v) is 6.40. The van der Waals surface area contributed by atoms with Crippen molar-refractivity contribution in [2.45, 2.75) is 18.6 Å². The van der Waals surface area contributed by atoms with Crippen molar-refractivity contribution < 1.29 is 23.0 Å². The molecule has 5 nitrogen and oxygen atoms in total. The molecule has 5 rings (SSSR count). The number of hydrogen-bond donors (Lipinski definition) is 0. The second kappa shape index (κ2) is 7.79. The minimum atomic E-state index is -3.77. The summed E-state index contributed by atoms with van der Waals surface area (Å²) in [5.41, 5.74) is 2.46. The molecule has 1 unspecified atom stereocenters. The van der Waals surface area contributed by atoms with Gasteiger partial charge in [-0.1, -0.05) is 65.3 Å². The van der Waals surface area contributed by atoms with E-state index in [1.165, 1.54) is 22.8 Å².